The third-order valence-corrected chi connectivity index (χ3v) is 6.39. The molecule has 8 heteroatoms. The summed E-state index contributed by atoms with van der Waals surface area (Å²) in [5.74, 6) is -0.972. The minimum Gasteiger partial charge on any atom is -0.478 e. The summed E-state index contributed by atoms with van der Waals surface area (Å²) in [5.41, 5.74) is 2.23. The molecule has 0 heterocycles. The molecule has 0 aliphatic rings. The van der Waals surface area contributed by atoms with Gasteiger partial charge in [0.25, 0.3) is 10.0 Å². The topological polar surface area (TPSA) is 83.5 Å². The summed E-state index contributed by atoms with van der Waals surface area (Å²) in [6.45, 7) is 0. The highest BCUT2D eigenvalue weighted by atomic mass is 35.5. The predicted molar refractivity (Wildman–Crippen MR) is 115 cm³/mol. The number of carboxylic acids is 1. The van der Waals surface area contributed by atoms with E-state index in [-0.39, 0.29) is 20.5 Å². The largest absolute Gasteiger partial charge is 0.478 e. The van der Waals surface area contributed by atoms with Crippen LogP contribution in [0.15, 0.2) is 71.6 Å². The maximum Gasteiger partial charge on any atom is 0.335 e. The fraction of sp³-hybridized carbons (Fsp3) is 0.0952. The van der Waals surface area contributed by atoms with Gasteiger partial charge in [-0.15, -0.1) is 0 Å². The number of halogens is 2. The van der Waals surface area contributed by atoms with Crippen molar-refractivity contribution >= 4 is 44.9 Å². The number of nitrogens with one attached hydrogen (secondary N) is 1. The molecule has 0 fully saturated rings. The van der Waals surface area contributed by atoms with Gasteiger partial charge in [-0.25, -0.2) is 13.2 Å². The molecule has 2 N–H and O–H groups in total. The Balaban J connectivity index is 1.78. The SMILES string of the molecule is O=C(O)c1ccccc1CCc1cccc(NS(=O)(=O)c2cc(Cl)ccc2Cl)c1. The number of carboxylic acid groups (broad SMARTS) is 1. The molecule has 0 atom stereocenters. The zero-order valence-electron chi connectivity index (χ0n) is 15.1. The second kappa shape index (κ2) is 8.86. The molecule has 0 aromatic heterocycles. The first-order chi connectivity index (χ1) is 13.8. The summed E-state index contributed by atoms with van der Waals surface area (Å²) in [4.78, 5) is 11.2. The Kier molecular flexibility index (Phi) is 6.47. The molecule has 0 radical (unpaired) electrons. The Hall–Kier alpha value is -2.54. The molecule has 0 spiro atoms. The lowest BCUT2D eigenvalue weighted by atomic mass is 10.00. The lowest BCUT2D eigenvalue weighted by Crippen LogP contribution is -2.13. The minimum atomic E-state index is -3.91. The molecule has 0 amide bonds. The molecular weight excluding hydrogens is 433 g/mol. The van der Waals surface area contributed by atoms with Crippen LogP contribution in [0.1, 0.15) is 21.5 Å². The smallest absolute Gasteiger partial charge is 0.335 e. The van der Waals surface area contributed by atoms with Crippen molar-refractivity contribution in [3.8, 4) is 0 Å². The minimum absolute atomic E-state index is 0.0725. The molecule has 3 aromatic carbocycles. The average molecular weight is 450 g/mol. The number of rotatable bonds is 7. The molecule has 0 saturated carbocycles. The van der Waals surface area contributed by atoms with Crippen LogP contribution in [0.5, 0.6) is 0 Å². The van der Waals surface area contributed by atoms with Gasteiger partial charge in [0.1, 0.15) is 4.90 Å². The number of sulfonamides is 1. The fourth-order valence-electron chi connectivity index (χ4n) is 2.91. The van der Waals surface area contributed by atoms with E-state index in [0.717, 1.165) is 11.1 Å². The molecule has 29 heavy (non-hydrogen) atoms. The zero-order valence-corrected chi connectivity index (χ0v) is 17.4. The maximum atomic E-state index is 12.7. The molecule has 3 aromatic rings. The molecule has 3 rings (SSSR count). The Bertz CT molecular complexity index is 1160. The summed E-state index contributed by atoms with van der Waals surface area (Å²) in [5, 5.41) is 9.62. The van der Waals surface area contributed by atoms with E-state index in [1.807, 2.05) is 6.07 Å². The van der Waals surface area contributed by atoms with Gasteiger partial charge < -0.3 is 5.11 Å². The van der Waals surface area contributed by atoms with Crippen LogP contribution in [-0.2, 0) is 22.9 Å². The Labute approximate surface area is 179 Å². The van der Waals surface area contributed by atoms with Crippen molar-refractivity contribution in [3.05, 3.63) is 93.5 Å². The highest BCUT2D eigenvalue weighted by molar-refractivity contribution is 7.92. The first-order valence-corrected chi connectivity index (χ1v) is 10.9. The van der Waals surface area contributed by atoms with Crippen molar-refractivity contribution in [1.82, 2.24) is 0 Å². The quantitative estimate of drug-likeness (QED) is 0.513. The van der Waals surface area contributed by atoms with Crippen LogP contribution in [0.2, 0.25) is 10.0 Å². The maximum absolute atomic E-state index is 12.7. The third-order valence-electron chi connectivity index (χ3n) is 4.29. The Morgan fingerprint density at radius 1 is 0.931 bits per heavy atom. The number of aryl methyl sites for hydroxylation is 2. The summed E-state index contributed by atoms with van der Waals surface area (Å²) in [6.07, 6.45) is 1.07. The van der Waals surface area contributed by atoms with Crippen molar-refractivity contribution in [2.45, 2.75) is 17.7 Å². The number of aromatic carboxylic acids is 1. The van der Waals surface area contributed by atoms with E-state index in [2.05, 4.69) is 4.72 Å². The van der Waals surface area contributed by atoms with E-state index in [0.29, 0.717) is 18.5 Å². The van der Waals surface area contributed by atoms with Gasteiger partial charge in [-0.1, -0.05) is 53.5 Å². The number of carbonyl (C=O) groups is 1. The van der Waals surface area contributed by atoms with Crippen LogP contribution in [0.3, 0.4) is 0 Å². The third kappa shape index (κ3) is 5.29. The summed E-state index contributed by atoms with van der Waals surface area (Å²) < 4.78 is 27.8. The molecule has 0 saturated heterocycles. The van der Waals surface area contributed by atoms with E-state index in [4.69, 9.17) is 23.2 Å². The van der Waals surface area contributed by atoms with Crippen LogP contribution in [0, 0.1) is 0 Å². The van der Waals surface area contributed by atoms with Gasteiger partial charge in [-0.05, 0) is 60.4 Å². The molecule has 0 unspecified atom stereocenters. The summed E-state index contributed by atoms with van der Waals surface area (Å²) >= 11 is 11.9. The van der Waals surface area contributed by atoms with Crippen LogP contribution in [0.4, 0.5) is 5.69 Å². The number of hydrogen-bond acceptors (Lipinski definition) is 3. The molecule has 5 nitrogen and oxygen atoms in total. The van der Waals surface area contributed by atoms with Gasteiger partial charge in [0.2, 0.25) is 0 Å². The van der Waals surface area contributed by atoms with Crippen LogP contribution < -0.4 is 4.72 Å². The van der Waals surface area contributed by atoms with Crippen LogP contribution in [-0.4, -0.2) is 19.5 Å². The normalized spacial score (nSPS) is 11.2. The second-order valence-electron chi connectivity index (χ2n) is 6.34. The number of hydrogen-bond donors (Lipinski definition) is 2. The van der Waals surface area contributed by atoms with Gasteiger partial charge >= 0.3 is 5.97 Å². The lowest BCUT2D eigenvalue weighted by Gasteiger charge is -2.11. The van der Waals surface area contributed by atoms with E-state index >= 15 is 0 Å². The fourth-order valence-corrected chi connectivity index (χ4v) is 4.72. The first-order valence-electron chi connectivity index (χ1n) is 8.64. The second-order valence-corrected chi connectivity index (χ2v) is 8.84. The molecule has 0 bridgehead atoms. The molecule has 0 aliphatic carbocycles. The van der Waals surface area contributed by atoms with Crippen molar-refractivity contribution in [2.75, 3.05) is 4.72 Å². The first kappa shape index (κ1) is 21.2. The Morgan fingerprint density at radius 3 is 2.45 bits per heavy atom. The van der Waals surface area contributed by atoms with Crippen LogP contribution >= 0.6 is 23.2 Å². The van der Waals surface area contributed by atoms with E-state index in [1.165, 1.54) is 18.2 Å². The standard InChI is InChI=1S/C21H17Cl2NO4S/c22-16-10-11-19(23)20(13-16)29(27,28)24-17-6-3-4-14(12-17)8-9-15-5-1-2-7-18(15)21(25)26/h1-7,10-13,24H,8-9H2,(H,25,26). The average Bonchev–Trinajstić information content (AvgIpc) is 2.68. The van der Waals surface area contributed by atoms with Gasteiger partial charge in [0.15, 0.2) is 0 Å². The molecular formula is C21H17Cl2NO4S. The van der Waals surface area contributed by atoms with Gasteiger partial charge in [-0.2, -0.15) is 0 Å². The van der Waals surface area contributed by atoms with E-state index < -0.39 is 16.0 Å². The monoisotopic (exact) mass is 449 g/mol. The summed E-state index contributed by atoms with van der Waals surface area (Å²) in [6, 6.07) is 18.0. The number of anilines is 1. The predicted octanol–water partition coefficient (Wildman–Crippen LogP) is 5.28. The Morgan fingerprint density at radius 2 is 1.69 bits per heavy atom. The van der Waals surface area contributed by atoms with Gasteiger partial charge in [0, 0.05) is 10.7 Å². The van der Waals surface area contributed by atoms with Crippen molar-refractivity contribution in [1.29, 1.82) is 0 Å². The van der Waals surface area contributed by atoms with Crippen LogP contribution in [0.25, 0.3) is 0 Å². The highest BCUT2D eigenvalue weighted by Gasteiger charge is 2.19. The van der Waals surface area contributed by atoms with Crippen molar-refractivity contribution in [2.24, 2.45) is 0 Å². The highest BCUT2D eigenvalue weighted by Crippen LogP contribution is 2.27. The van der Waals surface area contributed by atoms with Crippen molar-refractivity contribution in [3.63, 3.8) is 0 Å². The number of benzene rings is 3. The van der Waals surface area contributed by atoms with Gasteiger partial charge in [-0.3, -0.25) is 4.72 Å². The summed E-state index contributed by atoms with van der Waals surface area (Å²) in [7, 11) is -3.91. The lowest BCUT2D eigenvalue weighted by molar-refractivity contribution is 0.0695. The van der Waals surface area contributed by atoms with E-state index in [1.54, 1.807) is 42.5 Å². The van der Waals surface area contributed by atoms with Gasteiger partial charge in [0.05, 0.1) is 10.6 Å². The van der Waals surface area contributed by atoms with E-state index in [9.17, 15) is 18.3 Å². The molecule has 150 valence electrons. The van der Waals surface area contributed by atoms with Crippen molar-refractivity contribution < 1.29 is 18.3 Å². The zero-order chi connectivity index (χ0) is 21.0. The molecule has 0 aliphatic heterocycles.